The number of halogens is 1. The van der Waals surface area contributed by atoms with Gasteiger partial charge in [0.05, 0.1) is 11.0 Å². The van der Waals surface area contributed by atoms with Gasteiger partial charge in [-0.2, -0.15) is 4.98 Å². The Labute approximate surface area is 184 Å². The third kappa shape index (κ3) is 4.04. The number of para-hydroxylation sites is 2. The molecule has 0 bridgehead atoms. The Kier molecular flexibility index (Phi) is 6.27. The van der Waals surface area contributed by atoms with E-state index in [1.54, 1.807) is 4.57 Å². The molecule has 1 aromatic carbocycles. The van der Waals surface area contributed by atoms with Gasteiger partial charge in [0.25, 0.3) is 5.56 Å². The molecule has 0 aliphatic rings. The molecule has 0 aliphatic heterocycles. The van der Waals surface area contributed by atoms with Gasteiger partial charge < -0.3 is 9.55 Å². The van der Waals surface area contributed by atoms with Gasteiger partial charge in [-0.1, -0.05) is 31.9 Å². The van der Waals surface area contributed by atoms with E-state index >= 15 is 0 Å². The van der Waals surface area contributed by atoms with Crippen LogP contribution >= 0.6 is 11.6 Å². The van der Waals surface area contributed by atoms with E-state index in [1.165, 1.54) is 4.57 Å². The smallest absolute Gasteiger partial charge is 0.328 e. The molecule has 164 valence electrons. The van der Waals surface area contributed by atoms with E-state index < -0.39 is 0 Å². The molecule has 0 saturated carbocycles. The number of fused-ring (bicyclic) bond motifs is 2. The monoisotopic (exact) mass is 442 g/mol. The minimum Gasteiger partial charge on any atom is -0.328 e. The third-order valence-electron chi connectivity index (χ3n) is 5.65. The SMILES string of the molecule is CCCCCn1c(=O)n(CCCc2nc3ccccc3n2CC)c(=O)c2[nH]c(Cl)nc21. The summed E-state index contributed by atoms with van der Waals surface area (Å²) in [5.74, 6) is 0.964. The number of imidazole rings is 2. The molecule has 3 aromatic heterocycles. The molecule has 0 spiro atoms. The number of nitrogens with zero attached hydrogens (tertiary/aromatic N) is 5. The molecule has 0 unspecified atom stereocenters. The molecular weight excluding hydrogens is 416 g/mol. The van der Waals surface area contributed by atoms with Gasteiger partial charge >= 0.3 is 5.69 Å². The van der Waals surface area contributed by atoms with E-state index in [1.807, 2.05) is 18.2 Å². The third-order valence-corrected chi connectivity index (χ3v) is 5.83. The minimum atomic E-state index is -0.380. The first-order valence-corrected chi connectivity index (χ1v) is 11.3. The number of aromatic nitrogens is 6. The summed E-state index contributed by atoms with van der Waals surface area (Å²) in [5.41, 5.74) is 1.96. The van der Waals surface area contributed by atoms with Crippen LogP contribution in [0.5, 0.6) is 0 Å². The fourth-order valence-corrected chi connectivity index (χ4v) is 4.30. The molecular formula is C22H27ClN6O2. The Hall–Kier alpha value is -2.87. The Morgan fingerprint density at radius 1 is 0.968 bits per heavy atom. The standard InChI is InChI=1S/C22H27ClN6O2/c1-3-5-8-13-28-19-18(25-21(23)26-19)20(30)29(22(28)31)14-9-12-17-24-15-10-6-7-11-16(15)27(17)4-2/h6-7,10-11H,3-5,8-9,12-14H2,1-2H3,(H,25,26). The Morgan fingerprint density at radius 3 is 2.52 bits per heavy atom. The van der Waals surface area contributed by atoms with Crippen LogP contribution in [0.2, 0.25) is 5.28 Å². The molecule has 3 heterocycles. The second-order valence-corrected chi connectivity index (χ2v) is 8.05. The van der Waals surface area contributed by atoms with Crippen molar-refractivity contribution in [2.24, 2.45) is 0 Å². The van der Waals surface area contributed by atoms with Crippen LogP contribution < -0.4 is 11.2 Å². The molecule has 0 saturated heterocycles. The summed E-state index contributed by atoms with van der Waals surface area (Å²) in [6.07, 6.45) is 4.18. The van der Waals surface area contributed by atoms with Crippen molar-refractivity contribution < 1.29 is 0 Å². The first kappa shape index (κ1) is 21.4. The maximum Gasteiger partial charge on any atom is 0.332 e. The van der Waals surface area contributed by atoms with Crippen LogP contribution in [-0.4, -0.2) is 28.7 Å². The zero-order chi connectivity index (χ0) is 22.0. The van der Waals surface area contributed by atoms with Gasteiger partial charge in [-0.3, -0.25) is 13.9 Å². The van der Waals surface area contributed by atoms with Gasteiger partial charge in [-0.25, -0.2) is 9.78 Å². The number of hydrogen-bond acceptors (Lipinski definition) is 4. The zero-order valence-corrected chi connectivity index (χ0v) is 18.7. The minimum absolute atomic E-state index is 0.116. The quantitative estimate of drug-likeness (QED) is 0.316. The highest BCUT2D eigenvalue weighted by molar-refractivity contribution is 6.28. The largest absolute Gasteiger partial charge is 0.332 e. The Morgan fingerprint density at radius 2 is 1.74 bits per heavy atom. The van der Waals surface area contributed by atoms with Crippen LogP contribution in [0.25, 0.3) is 22.2 Å². The number of benzene rings is 1. The molecule has 0 amide bonds. The van der Waals surface area contributed by atoms with Crippen molar-refractivity contribution >= 4 is 33.8 Å². The molecule has 31 heavy (non-hydrogen) atoms. The molecule has 0 fully saturated rings. The molecule has 0 aliphatic carbocycles. The van der Waals surface area contributed by atoms with E-state index in [9.17, 15) is 9.59 Å². The first-order valence-electron chi connectivity index (χ1n) is 10.9. The summed E-state index contributed by atoms with van der Waals surface area (Å²) in [7, 11) is 0. The lowest BCUT2D eigenvalue weighted by atomic mass is 10.2. The summed E-state index contributed by atoms with van der Waals surface area (Å²) < 4.78 is 5.04. The second kappa shape index (κ2) is 9.09. The lowest BCUT2D eigenvalue weighted by Crippen LogP contribution is -2.40. The predicted octanol–water partition coefficient (Wildman–Crippen LogP) is 3.73. The number of aromatic amines is 1. The lowest BCUT2D eigenvalue weighted by Gasteiger charge is -2.11. The lowest BCUT2D eigenvalue weighted by molar-refractivity contribution is 0.520. The molecule has 1 N–H and O–H groups in total. The number of H-pyrrole nitrogens is 1. The summed E-state index contributed by atoms with van der Waals surface area (Å²) >= 11 is 6.01. The summed E-state index contributed by atoms with van der Waals surface area (Å²) in [6, 6.07) is 8.04. The van der Waals surface area contributed by atoms with Gasteiger partial charge in [0, 0.05) is 26.1 Å². The van der Waals surface area contributed by atoms with Crippen LogP contribution in [-0.2, 0) is 26.1 Å². The second-order valence-electron chi connectivity index (χ2n) is 7.69. The number of nitrogens with one attached hydrogen (secondary N) is 1. The highest BCUT2D eigenvalue weighted by Gasteiger charge is 2.17. The van der Waals surface area contributed by atoms with Crippen LogP contribution in [0.3, 0.4) is 0 Å². The van der Waals surface area contributed by atoms with Gasteiger partial charge in [-0.15, -0.1) is 0 Å². The van der Waals surface area contributed by atoms with Crippen molar-refractivity contribution in [3.8, 4) is 0 Å². The van der Waals surface area contributed by atoms with Crippen molar-refractivity contribution in [2.45, 2.75) is 65.6 Å². The van der Waals surface area contributed by atoms with Crippen molar-refractivity contribution in [3.05, 3.63) is 56.2 Å². The summed E-state index contributed by atoms with van der Waals surface area (Å²) in [6.45, 7) is 5.83. The number of unbranched alkanes of at least 4 members (excludes halogenated alkanes) is 2. The molecule has 9 heteroatoms. The van der Waals surface area contributed by atoms with Crippen molar-refractivity contribution in [1.29, 1.82) is 0 Å². The van der Waals surface area contributed by atoms with Gasteiger partial charge in [-0.05, 0) is 43.5 Å². The normalized spacial score (nSPS) is 11.7. The maximum absolute atomic E-state index is 13.1. The van der Waals surface area contributed by atoms with Crippen molar-refractivity contribution in [1.82, 2.24) is 28.7 Å². The average Bonchev–Trinajstić information content (AvgIpc) is 3.32. The molecule has 0 atom stereocenters. The number of rotatable bonds is 9. The van der Waals surface area contributed by atoms with Gasteiger partial charge in [0.2, 0.25) is 5.28 Å². The fourth-order valence-electron chi connectivity index (χ4n) is 4.12. The summed E-state index contributed by atoms with van der Waals surface area (Å²) in [4.78, 5) is 37.8. The van der Waals surface area contributed by atoms with E-state index in [2.05, 4.69) is 34.4 Å². The predicted molar refractivity (Wildman–Crippen MR) is 123 cm³/mol. The highest BCUT2D eigenvalue weighted by atomic mass is 35.5. The van der Waals surface area contributed by atoms with Crippen LogP contribution in [0.15, 0.2) is 33.9 Å². The molecule has 8 nitrogen and oxygen atoms in total. The van der Waals surface area contributed by atoms with E-state index in [-0.39, 0.29) is 22.0 Å². The maximum atomic E-state index is 13.1. The topological polar surface area (TPSA) is 90.5 Å². The van der Waals surface area contributed by atoms with Crippen LogP contribution in [0, 0.1) is 0 Å². The Bertz CT molecular complexity index is 1330. The highest BCUT2D eigenvalue weighted by Crippen LogP contribution is 2.17. The molecule has 0 radical (unpaired) electrons. The Balaban J connectivity index is 1.63. The van der Waals surface area contributed by atoms with Gasteiger partial charge in [0.1, 0.15) is 5.82 Å². The van der Waals surface area contributed by atoms with Crippen molar-refractivity contribution in [3.63, 3.8) is 0 Å². The summed E-state index contributed by atoms with van der Waals surface area (Å²) in [5, 5.41) is 0.116. The zero-order valence-electron chi connectivity index (χ0n) is 17.9. The van der Waals surface area contributed by atoms with Gasteiger partial charge in [0.15, 0.2) is 11.2 Å². The number of aryl methyl sites for hydroxylation is 3. The van der Waals surface area contributed by atoms with E-state index in [0.717, 1.165) is 42.7 Å². The fraction of sp³-hybridized carbons (Fsp3) is 0.455. The van der Waals surface area contributed by atoms with Crippen LogP contribution in [0.1, 0.15) is 45.4 Å². The van der Waals surface area contributed by atoms with Crippen LogP contribution in [0.4, 0.5) is 0 Å². The van der Waals surface area contributed by atoms with Crippen molar-refractivity contribution in [2.75, 3.05) is 0 Å². The van der Waals surface area contributed by atoms with E-state index in [4.69, 9.17) is 16.6 Å². The van der Waals surface area contributed by atoms with E-state index in [0.29, 0.717) is 31.6 Å². The molecule has 4 aromatic rings. The average molecular weight is 443 g/mol. The number of hydrogen-bond donors (Lipinski definition) is 1. The molecule has 4 rings (SSSR count). The first-order chi connectivity index (χ1) is 15.0.